The summed E-state index contributed by atoms with van der Waals surface area (Å²) < 4.78 is 13.0. The summed E-state index contributed by atoms with van der Waals surface area (Å²) in [4.78, 5) is 13.5. The van der Waals surface area contributed by atoms with Gasteiger partial charge in [-0.05, 0) is 60.7 Å². The Labute approximate surface area is 152 Å². The summed E-state index contributed by atoms with van der Waals surface area (Å²) in [6, 6.07) is 15.3. The first kappa shape index (κ1) is 18.3. The Balaban J connectivity index is 1.61. The molecule has 2 N–H and O–H groups in total. The van der Waals surface area contributed by atoms with Gasteiger partial charge < -0.3 is 0 Å². The summed E-state index contributed by atoms with van der Waals surface area (Å²) in [5.74, 6) is -0.741. The van der Waals surface area contributed by atoms with Crippen LogP contribution in [0.2, 0.25) is 0 Å². The zero-order chi connectivity index (χ0) is 18.4. The lowest BCUT2D eigenvalue weighted by Gasteiger charge is -2.25. The summed E-state index contributed by atoms with van der Waals surface area (Å²) in [6.45, 7) is 2.03. The third kappa shape index (κ3) is 4.77. The fraction of sp³-hybridized carbons (Fsp3) is 0.286. The molecule has 0 spiro atoms. The Kier molecular flexibility index (Phi) is 6.15. The Morgan fingerprint density at radius 1 is 1.19 bits per heavy atom. The number of hydrogen-bond donors (Lipinski definition) is 2. The van der Waals surface area contributed by atoms with Gasteiger partial charge in [0.15, 0.2) is 0 Å². The van der Waals surface area contributed by atoms with Crippen molar-refractivity contribution >= 4 is 12.0 Å². The molecule has 4 nitrogen and oxygen atoms in total. The molecule has 0 bridgehead atoms. The maximum absolute atomic E-state index is 13.0. The van der Waals surface area contributed by atoms with Crippen LogP contribution in [0.1, 0.15) is 35.6 Å². The van der Waals surface area contributed by atoms with Crippen LogP contribution in [0, 0.1) is 5.82 Å². The van der Waals surface area contributed by atoms with Crippen LogP contribution < -0.4 is 5.48 Å². The van der Waals surface area contributed by atoms with Crippen LogP contribution in [-0.2, 0) is 11.2 Å². The average Bonchev–Trinajstić information content (AvgIpc) is 3.14. The Hall–Kier alpha value is -2.50. The fourth-order valence-corrected chi connectivity index (χ4v) is 3.43. The van der Waals surface area contributed by atoms with E-state index in [1.807, 2.05) is 24.3 Å². The number of likely N-dealkylation sites (tertiary alicyclic amines) is 1. The van der Waals surface area contributed by atoms with Gasteiger partial charge in [0.2, 0.25) is 0 Å². The summed E-state index contributed by atoms with van der Waals surface area (Å²) in [5, 5.41) is 8.50. The quantitative estimate of drug-likeness (QED) is 0.472. The molecule has 0 aliphatic carbocycles. The molecule has 136 valence electrons. The maximum atomic E-state index is 13.0. The van der Waals surface area contributed by atoms with E-state index in [-0.39, 0.29) is 5.82 Å². The molecule has 1 amide bonds. The van der Waals surface area contributed by atoms with E-state index in [1.54, 1.807) is 11.6 Å². The second kappa shape index (κ2) is 8.74. The summed E-state index contributed by atoms with van der Waals surface area (Å²) in [6.07, 6.45) is 6.17. The third-order valence-electron chi connectivity index (χ3n) is 4.82. The number of amides is 1. The van der Waals surface area contributed by atoms with E-state index in [1.165, 1.54) is 30.2 Å². The molecule has 26 heavy (non-hydrogen) atoms. The van der Waals surface area contributed by atoms with Crippen LogP contribution in [0.3, 0.4) is 0 Å². The van der Waals surface area contributed by atoms with Crippen molar-refractivity contribution in [3.63, 3.8) is 0 Å². The van der Waals surface area contributed by atoms with E-state index in [0.717, 1.165) is 37.1 Å². The third-order valence-corrected chi connectivity index (χ3v) is 4.82. The van der Waals surface area contributed by atoms with Gasteiger partial charge in [0.25, 0.3) is 5.91 Å². The number of nitrogens with zero attached hydrogens (tertiary/aromatic N) is 1. The van der Waals surface area contributed by atoms with Crippen molar-refractivity contribution in [2.75, 3.05) is 13.1 Å². The highest BCUT2D eigenvalue weighted by atomic mass is 19.1. The van der Waals surface area contributed by atoms with Gasteiger partial charge in [-0.15, -0.1) is 0 Å². The summed E-state index contributed by atoms with van der Waals surface area (Å²) >= 11 is 0. The Bertz CT molecular complexity index is 757. The molecule has 0 radical (unpaired) electrons. The minimum absolute atomic E-state index is 0.196. The molecule has 1 fully saturated rings. The molecule has 1 heterocycles. The lowest BCUT2D eigenvalue weighted by molar-refractivity contribution is -0.124. The van der Waals surface area contributed by atoms with Crippen molar-refractivity contribution < 1.29 is 14.4 Å². The average molecular weight is 354 g/mol. The molecule has 5 heteroatoms. The van der Waals surface area contributed by atoms with Crippen molar-refractivity contribution in [2.45, 2.75) is 25.3 Å². The van der Waals surface area contributed by atoms with E-state index in [2.05, 4.69) is 17.0 Å². The molecule has 1 atom stereocenters. The topological polar surface area (TPSA) is 52.6 Å². The van der Waals surface area contributed by atoms with E-state index in [9.17, 15) is 9.18 Å². The van der Waals surface area contributed by atoms with E-state index in [0.29, 0.717) is 6.04 Å². The Morgan fingerprint density at radius 2 is 1.92 bits per heavy atom. The number of carbonyl (C=O) groups is 1. The number of rotatable bonds is 6. The molecule has 2 aromatic carbocycles. The van der Waals surface area contributed by atoms with Crippen LogP contribution in [0.4, 0.5) is 4.39 Å². The molecular weight excluding hydrogens is 331 g/mol. The zero-order valence-corrected chi connectivity index (χ0v) is 14.6. The second-order valence-corrected chi connectivity index (χ2v) is 6.55. The Morgan fingerprint density at radius 3 is 2.62 bits per heavy atom. The predicted molar refractivity (Wildman–Crippen MR) is 99.1 cm³/mol. The van der Waals surface area contributed by atoms with E-state index < -0.39 is 5.91 Å². The van der Waals surface area contributed by atoms with Crippen molar-refractivity contribution in [3.8, 4) is 0 Å². The van der Waals surface area contributed by atoms with Crippen LogP contribution in [0.25, 0.3) is 6.08 Å². The van der Waals surface area contributed by atoms with Crippen molar-refractivity contribution in [1.82, 2.24) is 10.4 Å². The monoisotopic (exact) mass is 354 g/mol. The number of hydrogen-bond acceptors (Lipinski definition) is 3. The van der Waals surface area contributed by atoms with Gasteiger partial charge in [0.05, 0.1) is 0 Å². The van der Waals surface area contributed by atoms with E-state index in [4.69, 9.17) is 5.21 Å². The van der Waals surface area contributed by atoms with Gasteiger partial charge in [0, 0.05) is 18.7 Å². The van der Waals surface area contributed by atoms with Crippen LogP contribution >= 0.6 is 0 Å². The standard InChI is InChI=1S/C21H23FN2O2/c22-19-10-5-17(6-11-19)13-15-24-14-1-2-20(24)18-8-3-16(4-9-18)7-12-21(25)23-26/h3-12,20,26H,1-2,13-15H2,(H,23,25)/b12-7+/t20-/m0/s1. The first-order chi connectivity index (χ1) is 12.7. The number of carbonyl (C=O) groups excluding carboxylic acids is 1. The highest BCUT2D eigenvalue weighted by Gasteiger charge is 2.25. The smallest absolute Gasteiger partial charge is 0.267 e. The number of hydroxylamine groups is 1. The van der Waals surface area contributed by atoms with Crippen molar-refractivity contribution in [2.24, 2.45) is 0 Å². The highest BCUT2D eigenvalue weighted by Crippen LogP contribution is 2.32. The van der Waals surface area contributed by atoms with Gasteiger partial charge in [-0.3, -0.25) is 14.9 Å². The first-order valence-corrected chi connectivity index (χ1v) is 8.86. The minimum Gasteiger partial charge on any atom is -0.296 e. The SMILES string of the molecule is O=C(/C=C/c1ccc([C@@H]2CCCN2CCc2ccc(F)cc2)cc1)NO. The molecule has 3 rings (SSSR count). The second-order valence-electron chi connectivity index (χ2n) is 6.55. The van der Waals surface area contributed by atoms with Gasteiger partial charge in [-0.25, -0.2) is 9.87 Å². The summed E-state index contributed by atoms with van der Waals surface area (Å²) in [7, 11) is 0. The van der Waals surface area contributed by atoms with E-state index >= 15 is 0 Å². The van der Waals surface area contributed by atoms with Crippen LogP contribution in [0.5, 0.6) is 0 Å². The molecule has 2 aromatic rings. The number of nitrogens with one attached hydrogen (secondary N) is 1. The van der Waals surface area contributed by atoms with Gasteiger partial charge in [-0.1, -0.05) is 36.4 Å². The first-order valence-electron chi connectivity index (χ1n) is 8.86. The fourth-order valence-electron chi connectivity index (χ4n) is 3.43. The molecule has 0 aromatic heterocycles. The van der Waals surface area contributed by atoms with Gasteiger partial charge in [0.1, 0.15) is 5.82 Å². The number of benzene rings is 2. The normalized spacial score (nSPS) is 17.7. The lowest BCUT2D eigenvalue weighted by atomic mass is 10.0. The minimum atomic E-state index is -0.545. The molecule has 1 saturated heterocycles. The zero-order valence-electron chi connectivity index (χ0n) is 14.6. The molecule has 1 aliphatic heterocycles. The summed E-state index contributed by atoms with van der Waals surface area (Å²) in [5.41, 5.74) is 4.91. The van der Waals surface area contributed by atoms with Gasteiger partial charge in [-0.2, -0.15) is 0 Å². The maximum Gasteiger partial charge on any atom is 0.267 e. The number of halogens is 1. The van der Waals surface area contributed by atoms with Crippen molar-refractivity contribution in [3.05, 3.63) is 77.1 Å². The predicted octanol–water partition coefficient (Wildman–Crippen LogP) is 3.72. The lowest BCUT2D eigenvalue weighted by Crippen LogP contribution is -2.25. The van der Waals surface area contributed by atoms with Crippen molar-refractivity contribution in [1.29, 1.82) is 0 Å². The molecule has 0 saturated carbocycles. The largest absolute Gasteiger partial charge is 0.296 e. The van der Waals surface area contributed by atoms with Crippen LogP contribution in [0.15, 0.2) is 54.6 Å². The molecule has 1 aliphatic rings. The molecular formula is C21H23FN2O2. The molecule has 0 unspecified atom stereocenters. The highest BCUT2D eigenvalue weighted by molar-refractivity contribution is 5.90. The van der Waals surface area contributed by atoms with Crippen LogP contribution in [-0.4, -0.2) is 29.1 Å². The van der Waals surface area contributed by atoms with Gasteiger partial charge >= 0.3 is 0 Å².